The molecule has 0 spiro atoms. The van der Waals surface area contributed by atoms with Crippen molar-refractivity contribution in [1.29, 1.82) is 0 Å². The minimum absolute atomic E-state index is 0.223. The van der Waals surface area contributed by atoms with Crippen molar-refractivity contribution in [2.24, 2.45) is 0 Å². The van der Waals surface area contributed by atoms with Gasteiger partial charge in [-0.25, -0.2) is 14.5 Å². The maximum atomic E-state index is 12.4. The van der Waals surface area contributed by atoms with E-state index in [1.165, 1.54) is 10.9 Å². The van der Waals surface area contributed by atoms with E-state index in [0.717, 1.165) is 5.56 Å². The fourth-order valence-corrected chi connectivity index (χ4v) is 3.16. The Kier molecular flexibility index (Phi) is 6.59. The predicted molar refractivity (Wildman–Crippen MR) is 122 cm³/mol. The van der Waals surface area contributed by atoms with Crippen molar-refractivity contribution < 1.29 is 9.90 Å². The average Bonchev–Trinajstić information content (AvgIpc) is 3.28. The minimum atomic E-state index is -0.522. The van der Waals surface area contributed by atoms with Crippen molar-refractivity contribution in [3.63, 3.8) is 0 Å². The summed E-state index contributed by atoms with van der Waals surface area (Å²) in [5, 5.41) is 22.9. The first-order valence-corrected chi connectivity index (χ1v) is 10.1. The number of carbonyl (C=O) groups is 1. The summed E-state index contributed by atoms with van der Waals surface area (Å²) < 4.78 is 1.51. The van der Waals surface area contributed by atoms with Crippen LogP contribution in [0.1, 0.15) is 11.6 Å². The second-order valence-corrected chi connectivity index (χ2v) is 7.17. The molecule has 0 radical (unpaired) electrons. The number of para-hydroxylation sites is 1. The van der Waals surface area contributed by atoms with Crippen LogP contribution in [0.3, 0.4) is 0 Å². The molecule has 0 aliphatic carbocycles. The first-order chi connectivity index (χ1) is 15.6. The third-order valence-electron chi connectivity index (χ3n) is 4.53. The number of halogens is 1. The van der Waals surface area contributed by atoms with Crippen molar-refractivity contribution in [3.05, 3.63) is 89.8 Å². The maximum Gasteiger partial charge on any atom is 0.319 e. The van der Waals surface area contributed by atoms with Crippen LogP contribution in [0.2, 0.25) is 5.02 Å². The summed E-state index contributed by atoms with van der Waals surface area (Å²) in [5.41, 5.74) is 1.95. The summed E-state index contributed by atoms with van der Waals surface area (Å²) >= 11 is 6.17. The number of urea groups is 1. The van der Waals surface area contributed by atoms with Crippen molar-refractivity contribution in [3.8, 4) is 5.82 Å². The maximum absolute atomic E-state index is 12.4. The molecule has 0 aliphatic heterocycles. The summed E-state index contributed by atoms with van der Waals surface area (Å²) in [6.07, 6.45) is 4.71. The molecule has 0 aliphatic rings. The molecule has 2 aromatic carbocycles. The van der Waals surface area contributed by atoms with Gasteiger partial charge in [0.05, 0.1) is 41.4 Å². The zero-order valence-electron chi connectivity index (χ0n) is 16.8. The summed E-state index contributed by atoms with van der Waals surface area (Å²) in [4.78, 5) is 21.0. The van der Waals surface area contributed by atoms with Crippen LogP contribution in [0.5, 0.6) is 0 Å². The van der Waals surface area contributed by atoms with Gasteiger partial charge in [-0.15, -0.1) is 0 Å². The van der Waals surface area contributed by atoms with Crippen molar-refractivity contribution in [2.45, 2.75) is 6.04 Å². The molecular formula is C22H20ClN7O2. The van der Waals surface area contributed by atoms with E-state index >= 15 is 0 Å². The van der Waals surface area contributed by atoms with E-state index in [1.54, 1.807) is 24.5 Å². The summed E-state index contributed by atoms with van der Waals surface area (Å²) in [6.45, 7) is -0.223. The number of nitrogens with one attached hydrogen (secondary N) is 3. The number of benzene rings is 2. The lowest BCUT2D eigenvalue weighted by Crippen LogP contribution is -2.34. The van der Waals surface area contributed by atoms with E-state index in [4.69, 9.17) is 11.6 Å². The Balaban J connectivity index is 1.42. The zero-order valence-corrected chi connectivity index (χ0v) is 17.6. The molecular weight excluding hydrogens is 430 g/mol. The van der Waals surface area contributed by atoms with Crippen molar-refractivity contribution in [2.75, 3.05) is 17.2 Å². The zero-order chi connectivity index (χ0) is 22.3. The molecule has 4 aromatic rings. The monoisotopic (exact) mass is 449 g/mol. The fraction of sp³-hybridized carbons (Fsp3) is 0.0909. The van der Waals surface area contributed by atoms with Crippen LogP contribution < -0.4 is 16.0 Å². The summed E-state index contributed by atoms with van der Waals surface area (Å²) in [7, 11) is 0. The van der Waals surface area contributed by atoms with Gasteiger partial charge in [0.2, 0.25) is 5.95 Å². The van der Waals surface area contributed by atoms with Gasteiger partial charge in [0, 0.05) is 12.3 Å². The predicted octanol–water partition coefficient (Wildman–Crippen LogP) is 3.91. The van der Waals surface area contributed by atoms with Gasteiger partial charge in [0.25, 0.3) is 0 Å². The third-order valence-corrected chi connectivity index (χ3v) is 4.86. The number of hydrogen-bond donors (Lipinski definition) is 4. The molecule has 10 heteroatoms. The van der Waals surface area contributed by atoms with Crippen LogP contribution in [0.15, 0.2) is 79.3 Å². The highest BCUT2D eigenvalue weighted by molar-refractivity contribution is 6.33. The Labute approximate surface area is 189 Å². The Morgan fingerprint density at radius 2 is 1.88 bits per heavy atom. The minimum Gasteiger partial charge on any atom is -0.394 e. The lowest BCUT2D eigenvalue weighted by atomic mass is 10.1. The van der Waals surface area contributed by atoms with Gasteiger partial charge in [0.1, 0.15) is 0 Å². The number of aliphatic hydroxyl groups excluding tert-OH is 1. The smallest absolute Gasteiger partial charge is 0.319 e. The number of anilines is 3. The first kappa shape index (κ1) is 21.3. The van der Waals surface area contributed by atoms with Gasteiger partial charge in [-0.2, -0.15) is 10.1 Å². The largest absolute Gasteiger partial charge is 0.394 e. The van der Waals surface area contributed by atoms with Gasteiger partial charge in [-0.3, -0.25) is 0 Å². The van der Waals surface area contributed by atoms with Crippen molar-refractivity contribution in [1.82, 2.24) is 25.1 Å². The highest BCUT2D eigenvalue weighted by atomic mass is 35.5. The van der Waals surface area contributed by atoms with E-state index in [-0.39, 0.29) is 6.61 Å². The second kappa shape index (κ2) is 9.90. The van der Waals surface area contributed by atoms with Gasteiger partial charge in [0.15, 0.2) is 5.82 Å². The number of rotatable bonds is 7. The van der Waals surface area contributed by atoms with E-state index in [2.05, 4.69) is 31.0 Å². The highest BCUT2D eigenvalue weighted by Gasteiger charge is 2.14. The van der Waals surface area contributed by atoms with Gasteiger partial charge >= 0.3 is 6.03 Å². The number of aromatic nitrogens is 4. The standard InChI is InChI=1S/C22H20ClN7O2/c23-17-8-4-5-9-18(17)27-21-24-11-10-20(29-21)30-13-16(12-25-30)26-22(32)28-19(14-31)15-6-2-1-3-7-15/h1-13,19,31H,14H2,(H,24,27,29)(H2,26,28,32)/t19-/m1/s1. The lowest BCUT2D eigenvalue weighted by Gasteiger charge is -2.16. The molecule has 4 N–H and O–H groups in total. The molecule has 0 unspecified atom stereocenters. The molecule has 1 atom stereocenters. The quantitative estimate of drug-likeness (QED) is 0.340. The second-order valence-electron chi connectivity index (χ2n) is 6.76. The molecule has 2 aromatic heterocycles. The van der Waals surface area contributed by atoms with Crippen LogP contribution in [0.4, 0.5) is 22.1 Å². The molecule has 0 saturated heterocycles. The molecule has 0 bridgehead atoms. The van der Waals surface area contributed by atoms with E-state index in [0.29, 0.717) is 28.2 Å². The Hall–Kier alpha value is -3.95. The fourth-order valence-electron chi connectivity index (χ4n) is 2.98. The molecule has 2 heterocycles. The van der Waals surface area contributed by atoms with Crippen LogP contribution in [-0.2, 0) is 0 Å². The number of nitrogens with zero attached hydrogens (tertiary/aromatic N) is 4. The lowest BCUT2D eigenvalue weighted by molar-refractivity contribution is 0.225. The normalized spacial score (nSPS) is 11.6. The SMILES string of the molecule is O=C(Nc1cnn(-c2ccnc(Nc3ccccc3Cl)n2)c1)N[C@H](CO)c1ccccc1. The Morgan fingerprint density at radius 3 is 2.66 bits per heavy atom. The number of carbonyl (C=O) groups excluding carboxylic acids is 1. The summed E-state index contributed by atoms with van der Waals surface area (Å²) in [6, 6.07) is 17.2. The van der Waals surface area contributed by atoms with Crippen LogP contribution in [0.25, 0.3) is 5.82 Å². The number of hydrogen-bond acceptors (Lipinski definition) is 6. The van der Waals surface area contributed by atoms with Gasteiger partial charge in [-0.05, 0) is 17.7 Å². The Bertz CT molecular complexity index is 1200. The van der Waals surface area contributed by atoms with Gasteiger partial charge < -0.3 is 21.1 Å². The van der Waals surface area contributed by atoms with E-state index < -0.39 is 12.1 Å². The van der Waals surface area contributed by atoms with Crippen LogP contribution in [0, 0.1) is 0 Å². The van der Waals surface area contributed by atoms with E-state index in [9.17, 15) is 9.90 Å². The first-order valence-electron chi connectivity index (χ1n) is 9.75. The molecule has 162 valence electrons. The van der Waals surface area contributed by atoms with Crippen molar-refractivity contribution >= 4 is 35.0 Å². The molecule has 9 nitrogen and oxygen atoms in total. The highest BCUT2D eigenvalue weighted by Crippen LogP contribution is 2.23. The molecule has 2 amide bonds. The number of amides is 2. The third kappa shape index (κ3) is 5.20. The Morgan fingerprint density at radius 1 is 1.09 bits per heavy atom. The average molecular weight is 450 g/mol. The number of aliphatic hydroxyl groups is 1. The van der Waals surface area contributed by atoms with Gasteiger partial charge in [-0.1, -0.05) is 54.1 Å². The topological polar surface area (TPSA) is 117 Å². The molecule has 4 rings (SSSR count). The van der Waals surface area contributed by atoms with Crippen LogP contribution >= 0.6 is 11.6 Å². The summed E-state index contributed by atoms with van der Waals surface area (Å²) in [5.74, 6) is 0.854. The van der Waals surface area contributed by atoms with E-state index in [1.807, 2.05) is 48.5 Å². The molecule has 32 heavy (non-hydrogen) atoms. The molecule has 0 saturated carbocycles. The van der Waals surface area contributed by atoms with Crippen LogP contribution in [-0.4, -0.2) is 37.5 Å². The molecule has 0 fully saturated rings.